The molecule has 0 radical (unpaired) electrons. The van der Waals surface area contributed by atoms with Gasteiger partial charge in [-0.15, -0.1) is 24.0 Å². The summed E-state index contributed by atoms with van der Waals surface area (Å²) in [5, 5.41) is 3.33. The van der Waals surface area contributed by atoms with Gasteiger partial charge in [-0.25, -0.2) is 0 Å². The second-order valence-corrected chi connectivity index (χ2v) is 5.91. The predicted octanol–water partition coefficient (Wildman–Crippen LogP) is 1.66. The first-order valence-corrected chi connectivity index (χ1v) is 8.59. The molecule has 0 atom stereocenters. The highest BCUT2D eigenvalue weighted by Gasteiger charge is 2.20. The molecule has 0 spiro atoms. The fourth-order valence-corrected chi connectivity index (χ4v) is 2.96. The maximum Gasteiger partial charge on any atom is 0.193 e. The molecule has 8 heteroatoms. The normalized spacial score (nSPS) is 15.4. The molecule has 0 aromatic heterocycles. The van der Waals surface area contributed by atoms with Crippen molar-refractivity contribution in [2.24, 2.45) is 4.99 Å². The van der Waals surface area contributed by atoms with Gasteiger partial charge in [0.2, 0.25) is 0 Å². The maximum atomic E-state index is 5.48. The Hall–Kier alpha value is -1.26. The second kappa shape index (κ2) is 12.2. The molecule has 0 saturated carbocycles. The van der Waals surface area contributed by atoms with Gasteiger partial charge in [0.05, 0.1) is 20.8 Å². The molecule has 0 bridgehead atoms. The van der Waals surface area contributed by atoms with E-state index in [0.717, 1.165) is 62.3 Å². The van der Waals surface area contributed by atoms with Crippen LogP contribution in [-0.4, -0.2) is 83.5 Å². The first-order chi connectivity index (χ1) is 12.2. The lowest BCUT2D eigenvalue weighted by molar-refractivity contribution is 0.168. The Kier molecular flexibility index (Phi) is 10.7. The quantitative estimate of drug-likeness (QED) is 0.279. The number of rotatable bonds is 7. The summed E-state index contributed by atoms with van der Waals surface area (Å²) in [5.41, 5.74) is 1.15. The molecular weight excluding hydrogens is 447 g/mol. The lowest BCUT2D eigenvalue weighted by Gasteiger charge is -2.36. The number of piperazine rings is 1. The largest absolute Gasteiger partial charge is 0.497 e. The van der Waals surface area contributed by atoms with Gasteiger partial charge in [-0.1, -0.05) is 0 Å². The summed E-state index contributed by atoms with van der Waals surface area (Å²) >= 11 is 0. The van der Waals surface area contributed by atoms with Gasteiger partial charge in [0.25, 0.3) is 0 Å². The van der Waals surface area contributed by atoms with Crippen molar-refractivity contribution in [2.75, 3.05) is 67.7 Å². The van der Waals surface area contributed by atoms with Gasteiger partial charge in [-0.3, -0.25) is 9.89 Å². The first kappa shape index (κ1) is 22.8. The van der Waals surface area contributed by atoms with Crippen molar-refractivity contribution < 1.29 is 14.2 Å². The van der Waals surface area contributed by atoms with Crippen LogP contribution in [0.1, 0.15) is 5.56 Å². The SMILES string of the molecule is CN=C(NCCOC)N1CCN(Cc2cc(OC)ccc2OC)CC1.I. The van der Waals surface area contributed by atoms with Crippen molar-refractivity contribution in [3.8, 4) is 11.5 Å². The highest BCUT2D eigenvalue weighted by Crippen LogP contribution is 2.25. The maximum absolute atomic E-state index is 5.48. The van der Waals surface area contributed by atoms with Crippen LogP contribution >= 0.6 is 24.0 Å². The molecular formula is C18H31IN4O3. The number of benzene rings is 1. The highest BCUT2D eigenvalue weighted by molar-refractivity contribution is 14.0. The first-order valence-electron chi connectivity index (χ1n) is 8.59. The van der Waals surface area contributed by atoms with E-state index in [4.69, 9.17) is 14.2 Å². The van der Waals surface area contributed by atoms with Gasteiger partial charge in [-0.05, 0) is 18.2 Å². The minimum Gasteiger partial charge on any atom is -0.497 e. The average molecular weight is 478 g/mol. The Morgan fingerprint density at radius 1 is 1.12 bits per heavy atom. The zero-order valence-corrected chi connectivity index (χ0v) is 18.5. The van der Waals surface area contributed by atoms with E-state index in [-0.39, 0.29) is 24.0 Å². The minimum absolute atomic E-state index is 0. The standard InChI is InChI=1S/C18H30N4O3.HI/c1-19-18(20-7-12-23-2)22-10-8-21(9-11-22)14-15-13-16(24-3)5-6-17(15)25-4;/h5-6,13H,7-12,14H2,1-4H3,(H,19,20);1H. The molecule has 1 heterocycles. The van der Waals surface area contributed by atoms with Gasteiger partial charge >= 0.3 is 0 Å². The second-order valence-electron chi connectivity index (χ2n) is 5.91. The molecule has 1 aromatic carbocycles. The third-order valence-corrected chi connectivity index (χ3v) is 4.35. The van der Waals surface area contributed by atoms with Crippen LogP contribution < -0.4 is 14.8 Å². The van der Waals surface area contributed by atoms with Crippen molar-refractivity contribution in [2.45, 2.75) is 6.54 Å². The summed E-state index contributed by atoms with van der Waals surface area (Å²) in [4.78, 5) is 9.08. The number of ether oxygens (including phenoxy) is 3. The van der Waals surface area contributed by atoms with Gasteiger partial charge in [-0.2, -0.15) is 0 Å². The Bertz CT molecular complexity index is 563. The van der Waals surface area contributed by atoms with E-state index in [2.05, 4.69) is 26.2 Å². The van der Waals surface area contributed by atoms with Crippen LogP contribution in [0.3, 0.4) is 0 Å². The molecule has 1 aliphatic rings. The van der Waals surface area contributed by atoms with Crippen molar-refractivity contribution in [3.05, 3.63) is 23.8 Å². The van der Waals surface area contributed by atoms with Gasteiger partial charge < -0.3 is 24.4 Å². The number of guanidine groups is 1. The zero-order chi connectivity index (χ0) is 18.1. The number of hydrogen-bond donors (Lipinski definition) is 1. The monoisotopic (exact) mass is 478 g/mol. The number of hydrogen-bond acceptors (Lipinski definition) is 5. The van der Waals surface area contributed by atoms with E-state index in [9.17, 15) is 0 Å². The van der Waals surface area contributed by atoms with Gasteiger partial charge in [0.15, 0.2) is 5.96 Å². The molecule has 1 fully saturated rings. The van der Waals surface area contributed by atoms with Crippen LogP contribution in [-0.2, 0) is 11.3 Å². The Labute approximate surface area is 173 Å². The summed E-state index contributed by atoms with van der Waals surface area (Å²) in [7, 11) is 6.92. The molecule has 1 saturated heterocycles. The van der Waals surface area contributed by atoms with Gasteiger partial charge in [0.1, 0.15) is 11.5 Å². The van der Waals surface area contributed by atoms with Crippen LogP contribution in [0.4, 0.5) is 0 Å². The molecule has 1 aromatic rings. The molecule has 0 aliphatic carbocycles. The summed E-state index contributed by atoms with van der Waals surface area (Å²) in [6, 6.07) is 5.94. The minimum atomic E-state index is 0. The topological polar surface area (TPSA) is 58.6 Å². The third-order valence-electron chi connectivity index (χ3n) is 4.35. The Morgan fingerprint density at radius 3 is 2.42 bits per heavy atom. The van der Waals surface area contributed by atoms with Crippen LogP contribution in [0.2, 0.25) is 0 Å². The summed E-state index contributed by atoms with van der Waals surface area (Å²) < 4.78 is 15.9. The number of nitrogens with zero attached hydrogens (tertiary/aromatic N) is 3. The van der Waals surface area contributed by atoms with E-state index < -0.39 is 0 Å². The molecule has 1 aliphatic heterocycles. The number of halogens is 1. The molecule has 26 heavy (non-hydrogen) atoms. The Morgan fingerprint density at radius 2 is 1.85 bits per heavy atom. The highest BCUT2D eigenvalue weighted by atomic mass is 127. The number of aliphatic imine (C=N–C) groups is 1. The smallest absolute Gasteiger partial charge is 0.193 e. The van der Waals surface area contributed by atoms with E-state index in [0.29, 0.717) is 6.61 Å². The van der Waals surface area contributed by atoms with Crippen LogP contribution in [0.25, 0.3) is 0 Å². The molecule has 7 nitrogen and oxygen atoms in total. The lowest BCUT2D eigenvalue weighted by atomic mass is 10.1. The number of nitrogens with one attached hydrogen (secondary N) is 1. The molecule has 148 valence electrons. The van der Waals surface area contributed by atoms with Crippen molar-refractivity contribution in [1.29, 1.82) is 0 Å². The van der Waals surface area contributed by atoms with E-state index >= 15 is 0 Å². The van der Waals surface area contributed by atoms with Crippen molar-refractivity contribution in [3.63, 3.8) is 0 Å². The van der Waals surface area contributed by atoms with Gasteiger partial charge in [0, 0.05) is 59.0 Å². The zero-order valence-electron chi connectivity index (χ0n) is 16.2. The molecule has 2 rings (SSSR count). The van der Waals surface area contributed by atoms with Crippen LogP contribution in [0.15, 0.2) is 23.2 Å². The van der Waals surface area contributed by atoms with Crippen molar-refractivity contribution >= 4 is 29.9 Å². The van der Waals surface area contributed by atoms with E-state index in [1.165, 1.54) is 0 Å². The molecule has 0 amide bonds. The summed E-state index contributed by atoms with van der Waals surface area (Å²) in [6.07, 6.45) is 0. The summed E-state index contributed by atoms with van der Waals surface area (Å²) in [6.45, 7) is 6.14. The van der Waals surface area contributed by atoms with Crippen LogP contribution in [0.5, 0.6) is 11.5 Å². The predicted molar refractivity (Wildman–Crippen MR) is 115 cm³/mol. The fourth-order valence-electron chi connectivity index (χ4n) is 2.96. The molecule has 0 unspecified atom stereocenters. The number of methoxy groups -OCH3 is 3. The molecule has 1 N–H and O–H groups in total. The average Bonchev–Trinajstić information content (AvgIpc) is 2.66. The lowest BCUT2D eigenvalue weighted by Crippen LogP contribution is -2.52. The van der Waals surface area contributed by atoms with E-state index in [1.807, 2.05) is 19.2 Å². The Balaban J connectivity index is 0.00000338. The third kappa shape index (κ3) is 6.48. The van der Waals surface area contributed by atoms with Crippen molar-refractivity contribution in [1.82, 2.24) is 15.1 Å². The summed E-state index contributed by atoms with van der Waals surface area (Å²) in [5.74, 6) is 2.70. The van der Waals surface area contributed by atoms with E-state index in [1.54, 1.807) is 21.3 Å². The fraction of sp³-hybridized carbons (Fsp3) is 0.611. The van der Waals surface area contributed by atoms with Crippen LogP contribution in [0, 0.1) is 0 Å².